The molecular weight excluding hydrogens is 558 g/mol. The van der Waals surface area contributed by atoms with Gasteiger partial charge in [0.15, 0.2) is 5.17 Å². The fourth-order valence-corrected chi connectivity index (χ4v) is 6.50. The number of aliphatic imine (C=N–C) groups is 1. The Bertz CT molecular complexity index is 1440. The third kappa shape index (κ3) is 4.96. The fourth-order valence-electron chi connectivity index (χ4n) is 4.18. The zero-order valence-corrected chi connectivity index (χ0v) is 24.5. The topological polar surface area (TPSA) is 72.7 Å². The first-order valence-corrected chi connectivity index (χ1v) is 14.0. The van der Waals surface area contributed by atoms with E-state index in [0.29, 0.717) is 22.2 Å². The standard InChI is InChI=1S/C27H28BrN3O3S2/c1-8-34-26(33)22-16(5)18(7)35-25(22)31-15(4)11-19(17(31)6)12-21-24(32)30-27(36-21)29-20-9-13(2)23(28)14(3)10-20/h9-12H,8H2,1-7H3,(H,29,30,32)/b21-12-. The van der Waals surface area contributed by atoms with Crippen molar-refractivity contribution in [3.05, 3.63) is 71.7 Å². The number of thioether (sulfide) groups is 1. The lowest BCUT2D eigenvalue weighted by Gasteiger charge is -2.11. The van der Waals surface area contributed by atoms with Crippen LogP contribution >= 0.6 is 39.0 Å². The van der Waals surface area contributed by atoms with Crippen molar-refractivity contribution < 1.29 is 14.3 Å². The van der Waals surface area contributed by atoms with Crippen LogP contribution in [0.1, 0.15) is 55.8 Å². The minimum atomic E-state index is -0.313. The number of hydrogen-bond donors (Lipinski definition) is 1. The quantitative estimate of drug-likeness (QED) is 0.253. The van der Waals surface area contributed by atoms with Crippen LogP contribution in [0, 0.1) is 41.5 Å². The second kappa shape index (κ2) is 10.4. The van der Waals surface area contributed by atoms with Gasteiger partial charge >= 0.3 is 5.97 Å². The Morgan fingerprint density at radius 2 is 1.81 bits per heavy atom. The smallest absolute Gasteiger partial charge is 0.341 e. The molecule has 0 radical (unpaired) electrons. The molecule has 188 valence electrons. The maximum Gasteiger partial charge on any atom is 0.341 e. The fraction of sp³-hybridized carbons (Fsp3) is 0.296. The molecule has 3 heterocycles. The van der Waals surface area contributed by atoms with Gasteiger partial charge in [0, 0.05) is 20.7 Å². The normalized spacial score (nSPS) is 15.7. The summed E-state index contributed by atoms with van der Waals surface area (Å²) in [7, 11) is 0. The zero-order valence-electron chi connectivity index (χ0n) is 21.3. The molecule has 0 saturated carbocycles. The molecule has 3 aromatic rings. The van der Waals surface area contributed by atoms with E-state index in [0.717, 1.165) is 53.7 Å². The monoisotopic (exact) mass is 585 g/mol. The predicted octanol–water partition coefficient (Wildman–Crippen LogP) is 7.22. The summed E-state index contributed by atoms with van der Waals surface area (Å²) in [4.78, 5) is 31.8. The van der Waals surface area contributed by atoms with Crippen LogP contribution in [-0.4, -0.2) is 28.2 Å². The number of benzene rings is 1. The van der Waals surface area contributed by atoms with E-state index in [1.54, 1.807) is 11.3 Å². The van der Waals surface area contributed by atoms with Crippen molar-refractivity contribution in [3.63, 3.8) is 0 Å². The molecule has 1 saturated heterocycles. The number of aryl methyl sites for hydroxylation is 4. The molecule has 0 aliphatic carbocycles. The summed E-state index contributed by atoms with van der Waals surface area (Å²) in [5.74, 6) is -0.490. The molecule has 1 N–H and O–H groups in total. The molecule has 4 rings (SSSR count). The highest BCUT2D eigenvalue weighted by Crippen LogP contribution is 2.36. The van der Waals surface area contributed by atoms with Gasteiger partial charge in [0.1, 0.15) is 5.00 Å². The molecule has 0 spiro atoms. The van der Waals surface area contributed by atoms with E-state index in [1.165, 1.54) is 11.8 Å². The molecule has 1 fully saturated rings. The molecule has 36 heavy (non-hydrogen) atoms. The van der Waals surface area contributed by atoms with E-state index in [-0.39, 0.29) is 11.9 Å². The van der Waals surface area contributed by atoms with Gasteiger partial charge in [-0.05, 0) is 107 Å². The van der Waals surface area contributed by atoms with E-state index >= 15 is 0 Å². The summed E-state index contributed by atoms with van der Waals surface area (Å²) in [5, 5.41) is 4.27. The Hall–Kier alpha value is -2.62. The summed E-state index contributed by atoms with van der Waals surface area (Å²) >= 11 is 6.47. The van der Waals surface area contributed by atoms with Crippen LogP contribution in [0.2, 0.25) is 0 Å². The number of nitrogens with zero attached hydrogens (tertiary/aromatic N) is 2. The number of ether oxygens (including phenoxy) is 1. The number of thiophene rings is 1. The number of amidine groups is 1. The van der Waals surface area contributed by atoms with E-state index in [2.05, 4.69) is 30.8 Å². The highest BCUT2D eigenvalue weighted by Gasteiger charge is 2.27. The van der Waals surface area contributed by atoms with Crippen LogP contribution < -0.4 is 5.32 Å². The van der Waals surface area contributed by atoms with Crippen LogP contribution in [-0.2, 0) is 9.53 Å². The molecule has 0 unspecified atom stereocenters. The highest BCUT2D eigenvalue weighted by molar-refractivity contribution is 9.10. The number of amides is 1. The average Bonchev–Trinajstić information content (AvgIpc) is 3.39. The van der Waals surface area contributed by atoms with Gasteiger partial charge < -0.3 is 14.6 Å². The van der Waals surface area contributed by atoms with Gasteiger partial charge in [-0.1, -0.05) is 15.9 Å². The summed E-state index contributed by atoms with van der Waals surface area (Å²) < 4.78 is 8.48. The van der Waals surface area contributed by atoms with Crippen molar-refractivity contribution in [3.8, 4) is 5.00 Å². The number of rotatable bonds is 5. The lowest BCUT2D eigenvalue weighted by molar-refractivity contribution is -0.115. The van der Waals surface area contributed by atoms with Gasteiger partial charge in [-0.15, -0.1) is 11.3 Å². The second-order valence-electron chi connectivity index (χ2n) is 8.72. The van der Waals surface area contributed by atoms with Crippen LogP contribution in [0.3, 0.4) is 0 Å². The molecule has 1 aliphatic rings. The number of esters is 1. The van der Waals surface area contributed by atoms with Gasteiger partial charge in [-0.25, -0.2) is 9.79 Å². The third-order valence-corrected chi connectivity index (χ3v) is 9.46. The Balaban J connectivity index is 1.69. The summed E-state index contributed by atoms with van der Waals surface area (Å²) in [6, 6.07) is 6.00. The van der Waals surface area contributed by atoms with Crippen LogP contribution in [0.4, 0.5) is 5.69 Å². The third-order valence-electron chi connectivity index (χ3n) is 6.11. The van der Waals surface area contributed by atoms with Crippen molar-refractivity contribution in [2.45, 2.75) is 48.5 Å². The molecule has 2 aromatic heterocycles. The summed E-state index contributed by atoms with van der Waals surface area (Å²) in [6.07, 6.45) is 1.89. The van der Waals surface area contributed by atoms with Crippen LogP contribution in [0.25, 0.3) is 11.1 Å². The van der Waals surface area contributed by atoms with Crippen LogP contribution in [0.5, 0.6) is 0 Å². The van der Waals surface area contributed by atoms with E-state index in [9.17, 15) is 9.59 Å². The SMILES string of the molecule is CCOC(=O)c1c(-n2c(C)cc(/C=C3\SC(=Nc4cc(C)c(Br)c(C)c4)NC3=O)c2C)sc(C)c1C. The Morgan fingerprint density at radius 1 is 1.14 bits per heavy atom. The van der Waals surface area contributed by atoms with Crippen molar-refractivity contribution in [2.24, 2.45) is 4.99 Å². The van der Waals surface area contributed by atoms with Gasteiger partial charge in [-0.3, -0.25) is 4.79 Å². The van der Waals surface area contributed by atoms with E-state index < -0.39 is 0 Å². The Labute approximate surface area is 228 Å². The van der Waals surface area contributed by atoms with Gasteiger partial charge in [0.25, 0.3) is 5.91 Å². The number of nitrogens with one attached hydrogen (secondary N) is 1. The largest absolute Gasteiger partial charge is 0.462 e. The number of aromatic nitrogens is 1. The molecule has 1 amide bonds. The molecule has 1 aromatic carbocycles. The maximum atomic E-state index is 12.8. The van der Waals surface area contributed by atoms with Crippen LogP contribution in [0.15, 0.2) is 32.6 Å². The summed E-state index contributed by atoms with van der Waals surface area (Å²) in [5.41, 5.74) is 7.36. The van der Waals surface area contributed by atoms with Gasteiger partial charge in [0.2, 0.25) is 0 Å². The molecule has 1 aliphatic heterocycles. The number of carbonyl (C=O) groups is 2. The molecular formula is C27H28BrN3O3S2. The summed E-state index contributed by atoms with van der Waals surface area (Å²) in [6.45, 7) is 14.1. The zero-order chi connectivity index (χ0) is 26.3. The highest BCUT2D eigenvalue weighted by atomic mass is 79.9. The van der Waals surface area contributed by atoms with E-state index in [4.69, 9.17) is 4.74 Å². The lowest BCUT2D eigenvalue weighted by atomic mass is 10.1. The second-order valence-corrected chi connectivity index (χ2v) is 11.7. The molecule has 6 nitrogen and oxygen atoms in total. The molecule has 0 atom stereocenters. The molecule has 0 bridgehead atoms. The Morgan fingerprint density at radius 3 is 2.44 bits per heavy atom. The van der Waals surface area contributed by atoms with Crippen molar-refractivity contribution in [2.75, 3.05) is 6.61 Å². The Kier molecular flexibility index (Phi) is 7.64. The lowest BCUT2D eigenvalue weighted by Crippen LogP contribution is -2.19. The predicted molar refractivity (Wildman–Crippen MR) is 153 cm³/mol. The average molecular weight is 587 g/mol. The number of hydrogen-bond acceptors (Lipinski definition) is 6. The minimum Gasteiger partial charge on any atom is -0.462 e. The maximum absolute atomic E-state index is 12.8. The van der Waals surface area contributed by atoms with Gasteiger partial charge in [0.05, 0.1) is 22.8 Å². The first kappa shape index (κ1) is 26.4. The minimum absolute atomic E-state index is 0.177. The van der Waals surface area contributed by atoms with E-state index in [1.807, 2.05) is 72.7 Å². The van der Waals surface area contributed by atoms with Gasteiger partial charge in [-0.2, -0.15) is 0 Å². The first-order valence-electron chi connectivity index (χ1n) is 11.5. The molecule has 9 heteroatoms. The van der Waals surface area contributed by atoms with Crippen molar-refractivity contribution >= 4 is 67.8 Å². The van der Waals surface area contributed by atoms with Crippen molar-refractivity contribution in [1.82, 2.24) is 9.88 Å². The number of carbonyl (C=O) groups excluding carboxylic acids is 2. The van der Waals surface area contributed by atoms with Crippen molar-refractivity contribution in [1.29, 1.82) is 0 Å². The number of halogens is 1. The first-order chi connectivity index (χ1) is 17.0.